The standard InChI is InChI=1S/C14H25N3O/c1-11(2)18-9-8-17(5)14-10-13(6-7-16-14)12(3)15-4/h6-7,10-12,15H,8-9H2,1-5H3. The molecule has 1 heterocycles. The average molecular weight is 251 g/mol. The summed E-state index contributed by atoms with van der Waals surface area (Å²) in [4.78, 5) is 6.52. The zero-order valence-corrected chi connectivity index (χ0v) is 12.1. The first-order chi connectivity index (χ1) is 8.54. The summed E-state index contributed by atoms with van der Waals surface area (Å²) >= 11 is 0. The highest BCUT2D eigenvalue weighted by Gasteiger charge is 2.07. The maximum Gasteiger partial charge on any atom is 0.128 e. The molecule has 1 aromatic rings. The third-order valence-electron chi connectivity index (χ3n) is 2.97. The van der Waals surface area contributed by atoms with Crippen LogP contribution in [-0.2, 0) is 4.74 Å². The van der Waals surface area contributed by atoms with Crippen molar-refractivity contribution in [3.63, 3.8) is 0 Å². The van der Waals surface area contributed by atoms with E-state index in [-0.39, 0.29) is 6.10 Å². The number of pyridine rings is 1. The van der Waals surface area contributed by atoms with Crippen molar-refractivity contribution in [2.45, 2.75) is 32.9 Å². The van der Waals surface area contributed by atoms with Gasteiger partial charge in [0, 0.05) is 25.8 Å². The normalized spacial score (nSPS) is 12.8. The molecule has 4 heteroatoms. The maximum atomic E-state index is 5.55. The van der Waals surface area contributed by atoms with Crippen molar-refractivity contribution in [2.75, 3.05) is 32.1 Å². The fourth-order valence-electron chi connectivity index (χ4n) is 1.62. The molecule has 18 heavy (non-hydrogen) atoms. The van der Waals surface area contributed by atoms with Crippen LogP contribution in [0.1, 0.15) is 32.4 Å². The third-order valence-corrected chi connectivity index (χ3v) is 2.97. The topological polar surface area (TPSA) is 37.4 Å². The van der Waals surface area contributed by atoms with Crippen LogP contribution in [0.3, 0.4) is 0 Å². The first-order valence-electron chi connectivity index (χ1n) is 6.50. The molecule has 1 atom stereocenters. The quantitative estimate of drug-likeness (QED) is 0.806. The molecule has 1 aromatic heterocycles. The summed E-state index contributed by atoms with van der Waals surface area (Å²) in [7, 11) is 4.00. The van der Waals surface area contributed by atoms with E-state index in [0.29, 0.717) is 6.04 Å². The molecule has 0 saturated carbocycles. The number of hydrogen-bond donors (Lipinski definition) is 1. The Bertz CT molecular complexity index is 355. The number of rotatable bonds is 7. The van der Waals surface area contributed by atoms with Crippen molar-refractivity contribution in [1.29, 1.82) is 0 Å². The van der Waals surface area contributed by atoms with E-state index in [2.05, 4.69) is 28.2 Å². The van der Waals surface area contributed by atoms with Crippen molar-refractivity contribution in [2.24, 2.45) is 0 Å². The van der Waals surface area contributed by atoms with Gasteiger partial charge in [-0.25, -0.2) is 4.98 Å². The van der Waals surface area contributed by atoms with Crippen molar-refractivity contribution in [3.8, 4) is 0 Å². The Morgan fingerprint density at radius 2 is 2.11 bits per heavy atom. The summed E-state index contributed by atoms with van der Waals surface area (Å²) in [6.45, 7) is 7.81. The molecule has 4 nitrogen and oxygen atoms in total. The zero-order valence-electron chi connectivity index (χ0n) is 12.1. The van der Waals surface area contributed by atoms with Crippen LogP contribution >= 0.6 is 0 Å². The van der Waals surface area contributed by atoms with Gasteiger partial charge in [-0.1, -0.05) is 0 Å². The van der Waals surface area contributed by atoms with Crippen molar-refractivity contribution in [3.05, 3.63) is 23.9 Å². The van der Waals surface area contributed by atoms with Gasteiger partial charge in [0.05, 0.1) is 12.7 Å². The number of hydrogen-bond acceptors (Lipinski definition) is 4. The Morgan fingerprint density at radius 1 is 1.39 bits per heavy atom. The molecule has 0 fully saturated rings. The number of aromatic nitrogens is 1. The maximum absolute atomic E-state index is 5.55. The van der Waals surface area contributed by atoms with Crippen LogP contribution in [0.2, 0.25) is 0 Å². The van der Waals surface area contributed by atoms with Gasteiger partial charge in [0.1, 0.15) is 5.82 Å². The monoisotopic (exact) mass is 251 g/mol. The van der Waals surface area contributed by atoms with Gasteiger partial charge in [0.25, 0.3) is 0 Å². The van der Waals surface area contributed by atoms with Gasteiger partial charge in [-0.05, 0) is 45.5 Å². The highest BCUT2D eigenvalue weighted by molar-refractivity contribution is 5.40. The first kappa shape index (κ1) is 14.9. The summed E-state index contributed by atoms with van der Waals surface area (Å²) in [6.07, 6.45) is 2.14. The Balaban J connectivity index is 2.59. The SMILES string of the molecule is CNC(C)c1ccnc(N(C)CCOC(C)C)c1. The molecule has 0 radical (unpaired) electrons. The van der Waals surface area contributed by atoms with Gasteiger partial charge in [0.15, 0.2) is 0 Å². The molecule has 0 aliphatic rings. The minimum atomic E-state index is 0.280. The molecule has 0 saturated heterocycles. The van der Waals surface area contributed by atoms with Crippen molar-refractivity contribution in [1.82, 2.24) is 10.3 Å². The van der Waals surface area contributed by atoms with E-state index >= 15 is 0 Å². The van der Waals surface area contributed by atoms with Crippen molar-refractivity contribution < 1.29 is 4.74 Å². The molecule has 102 valence electrons. The minimum absolute atomic E-state index is 0.280. The second-order valence-corrected chi connectivity index (χ2v) is 4.80. The summed E-state index contributed by atoms with van der Waals surface area (Å²) in [5, 5.41) is 3.23. The minimum Gasteiger partial charge on any atom is -0.377 e. The van der Waals surface area contributed by atoms with Gasteiger partial charge in [0.2, 0.25) is 0 Å². The van der Waals surface area contributed by atoms with Gasteiger partial charge in [-0.15, -0.1) is 0 Å². The fourth-order valence-corrected chi connectivity index (χ4v) is 1.62. The molecule has 1 unspecified atom stereocenters. The van der Waals surface area contributed by atoms with Crippen molar-refractivity contribution >= 4 is 5.82 Å². The summed E-state index contributed by atoms with van der Waals surface area (Å²) in [5.74, 6) is 0.988. The Morgan fingerprint density at radius 3 is 2.72 bits per heavy atom. The Kier molecular flexibility index (Phi) is 6.09. The molecule has 0 amide bonds. The van der Waals surface area contributed by atoms with E-state index in [0.717, 1.165) is 19.0 Å². The smallest absolute Gasteiger partial charge is 0.128 e. The highest BCUT2D eigenvalue weighted by atomic mass is 16.5. The van der Waals surface area contributed by atoms with Crippen LogP contribution in [0.15, 0.2) is 18.3 Å². The van der Waals surface area contributed by atoms with Crippen LogP contribution in [0.25, 0.3) is 0 Å². The lowest BCUT2D eigenvalue weighted by molar-refractivity contribution is 0.0845. The molecule has 0 aliphatic carbocycles. The van der Waals surface area contributed by atoms with E-state index in [1.165, 1.54) is 5.56 Å². The fraction of sp³-hybridized carbons (Fsp3) is 0.643. The van der Waals surface area contributed by atoms with Crippen LogP contribution in [0.4, 0.5) is 5.82 Å². The van der Waals surface area contributed by atoms with Gasteiger partial charge in [-0.3, -0.25) is 0 Å². The number of nitrogens with one attached hydrogen (secondary N) is 1. The number of likely N-dealkylation sites (N-methyl/N-ethyl adjacent to an activating group) is 1. The molecular formula is C14H25N3O. The Hall–Kier alpha value is -1.13. The second-order valence-electron chi connectivity index (χ2n) is 4.80. The lowest BCUT2D eigenvalue weighted by atomic mass is 10.1. The number of anilines is 1. The first-order valence-corrected chi connectivity index (χ1v) is 6.50. The number of ether oxygens (including phenoxy) is 1. The molecule has 0 bridgehead atoms. The average Bonchev–Trinajstić information content (AvgIpc) is 2.37. The molecular weight excluding hydrogens is 226 g/mol. The number of nitrogens with zero attached hydrogens (tertiary/aromatic N) is 2. The molecule has 0 spiro atoms. The summed E-state index contributed by atoms with van der Waals surface area (Å²) in [6, 6.07) is 4.51. The lowest BCUT2D eigenvalue weighted by Gasteiger charge is -2.20. The van der Waals surface area contributed by atoms with E-state index in [1.807, 2.05) is 40.2 Å². The van der Waals surface area contributed by atoms with E-state index in [1.54, 1.807) is 0 Å². The van der Waals surface area contributed by atoms with Gasteiger partial charge < -0.3 is 15.0 Å². The van der Waals surface area contributed by atoms with Crippen LogP contribution in [0, 0.1) is 0 Å². The predicted octanol–water partition coefficient (Wildman–Crippen LogP) is 2.22. The summed E-state index contributed by atoms with van der Waals surface area (Å²) in [5.41, 5.74) is 1.25. The second kappa shape index (κ2) is 7.34. The van der Waals surface area contributed by atoms with Crippen LogP contribution in [-0.4, -0.2) is 38.3 Å². The lowest BCUT2D eigenvalue weighted by Crippen LogP contribution is -2.25. The highest BCUT2D eigenvalue weighted by Crippen LogP contribution is 2.16. The molecule has 0 aliphatic heterocycles. The summed E-state index contributed by atoms with van der Waals surface area (Å²) < 4.78 is 5.55. The van der Waals surface area contributed by atoms with E-state index in [4.69, 9.17) is 4.74 Å². The third kappa shape index (κ3) is 4.63. The van der Waals surface area contributed by atoms with Gasteiger partial charge >= 0.3 is 0 Å². The molecule has 1 rings (SSSR count). The predicted molar refractivity (Wildman–Crippen MR) is 76.1 cm³/mol. The van der Waals surface area contributed by atoms with Gasteiger partial charge in [-0.2, -0.15) is 0 Å². The molecule has 1 N–H and O–H groups in total. The Labute approximate surface area is 110 Å². The van der Waals surface area contributed by atoms with E-state index in [9.17, 15) is 0 Å². The van der Waals surface area contributed by atoms with E-state index < -0.39 is 0 Å². The largest absolute Gasteiger partial charge is 0.377 e. The van der Waals surface area contributed by atoms with Crippen LogP contribution in [0.5, 0.6) is 0 Å². The zero-order chi connectivity index (χ0) is 13.5. The molecule has 0 aromatic carbocycles. The van der Waals surface area contributed by atoms with Crippen LogP contribution < -0.4 is 10.2 Å².